The average Bonchev–Trinajstić information content (AvgIpc) is 3.13. The van der Waals surface area contributed by atoms with Crippen LogP contribution in [-0.2, 0) is 0 Å². The number of likely N-dealkylation sites (tertiary alicyclic amines) is 1. The quantitative estimate of drug-likeness (QED) is 0.816. The molecule has 3 heterocycles. The zero-order valence-electron chi connectivity index (χ0n) is 18.9. The molecule has 0 aliphatic carbocycles. The van der Waals surface area contributed by atoms with Gasteiger partial charge in [-0.2, -0.15) is 0 Å². The Kier molecular flexibility index (Phi) is 6.34. The number of fused-ring (bicyclic) bond motifs is 1. The highest BCUT2D eigenvalue weighted by Gasteiger charge is 2.25. The van der Waals surface area contributed by atoms with Crippen LogP contribution in [0.15, 0.2) is 24.3 Å². The summed E-state index contributed by atoms with van der Waals surface area (Å²) in [5.41, 5.74) is 1.88. The van der Waals surface area contributed by atoms with Gasteiger partial charge in [-0.05, 0) is 64.8 Å². The standard InChI is InChI=1S/C24H36N4O2/c1-17(2)26-11-7-20(8-12-26)30-21-5-6-22-19(15-21)16-23(28(22)18(3)4)24(29)27-13-9-25-10-14-27/h5-6,15-18,20,25H,7-14H2,1-4H3. The van der Waals surface area contributed by atoms with E-state index in [9.17, 15) is 4.79 Å². The van der Waals surface area contributed by atoms with E-state index < -0.39 is 0 Å². The summed E-state index contributed by atoms with van der Waals surface area (Å²) in [4.78, 5) is 17.7. The highest BCUT2D eigenvalue weighted by atomic mass is 16.5. The average molecular weight is 413 g/mol. The SMILES string of the molecule is CC(C)N1CCC(Oc2ccc3c(c2)cc(C(=O)N2CCNCC2)n3C(C)C)CC1. The molecule has 164 valence electrons. The fourth-order valence-corrected chi connectivity index (χ4v) is 4.74. The molecule has 4 rings (SSSR count). The van der Waals surface area contributed by atoms with E-state index in [-0.39, 0.29) is 18.1 Å². The van der Waals surface area contributed by atoms with Gasteiger partial charge in [0.05, 0.1) is 0 Å². The van der Waals surface area contributed by atoms with E-state index in [1.54, 1.807) is 0 Å². The first kappa shape index (κ1) is 21.2. The first-order valence-corrected chi connectivity index (χ1v) is 11.5. The molecule has 0 unspecified atom stereocenters. The van der Waals surface area contributed by atoms with Crippen molar-refractivity contribution in [2.24, 2.45) is 0 Å². The fraction of sp³-hybridized carbons (Fsp3) is 0.625. The van der Waals surface area contributed by atoms with Crippen molar-refractivity contribution in [1.82, 2.24) is 19.7 Å². The smallest absolute Gasteiger partial charge is 0.270 e. The number of rotatable bonds is 5. The zero-order chi connectivity index (χ0) is 21.3. The number of benzene rings is 1. The Balaban J connectivity index is 1.55. The van der Waals surface area contributed by atoms with Crippen LogP contribution in [0.25, 0.3) is 10.9 Å². The second kappa shape index (κ2) is 8.98. The van der Waals surface area contributed by atoms with Crippen LogP contribution >= 0.6 is 0 Å². The maximum Gasteiger partial charge on any atom is 0.270 e. The van der Waals surface area contributed by atoms with E-state index in [0.717, 1.165) is 74.5 Å². The lowest BCUT2D eigenvalue weighted by atomic mass is 10.1. The minimum atomic E-state index is 0.130. The molecule has 2 aliphatic heterocycles. The van der Waals surface area contributed by atoms with Gasteiger partial charge in [0.15, 0.2) is 0 Å². The van der Waals surface area contributed by atoms with Gasteiger partial charge in [0.1, 0.15) is 17.5 Å². The number of carbonyl (C=O) groups is 1. The third-order valence-electron chi connectivity index (χ3n) is 6.46. The molecule has 0 radical (unpaired) electrons. The van der Waals surface area contributed by atoms with E-state index in [0.29, 0.717) is 6.04 Å². The minimum Gasteiger partial charge on any atom is -0.490 e. The maximum absolute atomic E-state index is 13.2. The molecule has 0 atom stereocenters. The first-order valence-electron chi connectivity index (χ1n) is 11.5. The number of piperazine rings is 1. The van der Waals surface area contributed by atoms with Crippen LogP contribution in [0.5, 0.6) is 5.75 Å². The molecule has 6 heteroatoms. The number of piperidine rings is 1. The molecule has 2 aliphatic rings. The molecule has 0 bridgehead atoms. The van der Waals surface area contributed by atoms with Gasteiger partial charge in [-0.3, -0.25) is 4.79 Å². The summed E-state index contributed by atoms with van der Waals surface area (Å²) in [7, 11) is 0. The van der Waals surface area contributed by atoms with Crippen molar-refractivity contribution in [1.29, 1.82) is 0 Å². The maximum atomic E-state index is 13.2. The summed E-state index contributed by atoms with van der Waals surface area (Å²) in [5.74, 6) is 1.04. The lowest BCUT2D eigenvalue weighted by Gasteiger charge is -2.34. The molecule has 0 saturated carbocycles. The zero-order valence-corrected chi connectivity index (χ0v) is 18.9. The highest BCUT2D eigenvalue weighted by Crippen LogP contribution is 2.30. The molecule has 2 aromatic rings. The summed E-state index contributed by atoms with van der Waals surface area (Å²) in [6.45, 7) is 14.2. The Hall–Kier alpha value is -2.05. The van der Waals surface area contributed by atoms with Crippen molar-refractivity contribution in [2.75, 3.05) is 39.3 Å². The number of carbonyl (C=O) groups excluding carboxylic acids is 1. The molecule has 1 N–H and O–H groups in total. The van der Waals surface area contributed by atoms with Gasteiger partial charge < -0.3 is 24.4 Å². The Labute approximate surface area is 180 Å². The Morgan fingerprint density at radius 3 is 2.33 bits per heavy atom. The van der Waals surface area contributed by atoms with Crippen molar-refractivity contribution in [2.45, 2.75) is 58.7 Å². The molecular formula is C24H36N4O2. The molecule has 30 heavy (non-hydrogen) atoms. The van der Waals surface area contributed by atoms with Crippen LogP contribution in [0.4, 0.5) is 0 Å². The van der Waals surface area contributed by atoms with E-state index in [1.807, 2.05) is 11.0 Å². The van der Waals surface area contributed by atoms with Crippen LogP contribution in [-0.4, -0.2) is 71.7 Å². The summed E-state index contributed by atoms with van der Waals surface area (Å²) < 4.78 is 8.51. The van der Waals surface area contributed by atoms with Gasteiger partial charge in [-0.25, -0.2) is 0 Å². The van der Waals surface area contributed by atoms with E-state index in [2.05, 4.69) is 60.7 Å². The van der Waals surface area contributed by atoms with Crippen molar-refractivity contribution in [3.8, 4) is 5.75 Å². The number of nitrogens with one attached hydrogen (secondary N) is 1. The molecule has 0 spiro atoms. The normalized spacial score (nSPS) is 19.2. The second-order valence-corrected chi connectivity index (χ2v) is 9.20. The lowest BCUT2D eigenvalue weighted by Crippen LogP contribution is -2.46. The first-order chi connectivity index (χ1) is 14.4. The molecule has 2 saturated heterocycles. The Morgan fingerprint density at radius 1 is 1.00 bits per heavy atom. The van der Waals surface area contributed by atoms with Gasteiger partial charge in [-0.1, -0.05) is 0 Å². The topological polar surface area (TPSA) is 49.7 Å². The molecule has 1 aromatic heterocycles. The van der Waals surface area contributed by atoms with Gasteiger partial charge in [0.2, 0.25) is 0 Å². The van der Waals surface area contributed by atoms with Gasteiger partial charge in [-0.15, -0.1) is 0 Å². The number of aromatic nitrogens is 1. The third kappa shape index (κ3) is 4.35. The molecule has 2 fully saturated rings. The molecule has 1 amide bonds. The van der Waals surface area contributed by atoms with Gasteiger partial charge in [0, 0.05) is 62.3 Å². The van der Waals surface area contributed by atoms with E-state index in [1.165, 1.54) is 0 Å². The van der Waals surface area contributed by atoms with Gasteiger partial charge >= 0.3 is 0 Å². The predicted octanol–water partition coefficient (Wildman–Crippen LogP) is 3.52. The highest BCUT2D eigenvalue weighted by molar-refractivity contribution is 5.99. The van der Waals surface area contributed by atoms with Crippen molar-refractivity contribution >= 4 is 16.8 Å². The van der Waals surface area contributed by atoms with Crippen molar-refractivity contribution < 1.29 is 9.53 Å². The molecule has 6 nitrogen and oxygen atoms in total. The number of ether oxygens (including phenoxy) is 1. The molecule has 1 aromatic carbocycles. The summed E-state index contributed by atoms with van der Waals surface area (Å²) in [6.07, 6.45) is 2.40. The van der Waals surface area contributed by atoms with Crippen LogP contribution in [0.1, 0.15) is 57.1 Å². The number of amides is 1. The number of hydrogen-bond donors (Lipinski definition) is 1. The summed E-state index contributed by atoms with van der Waals surface area (Å²) in [6, 6.07) is 9.16. The van der Waals surface area contributed by atoms with Crippen molar-refractivity contribution in [3.05, 3.63) is 30.0 Å². The summed E-state index contributed by atoms with van der Waals surface area (Å²) >= 11 is 0. The van der Waals surface area contributed by atoms with E-state index in [4.69, 9.17) is 4.74 Å². The molecular weight excluding hydrogens is 376 g/mol. The minimum absolute atomic E-state index is 0.130. The van der Waals surface area contributed by atoms with E-state index >= 15 is 0 Å². The third-order valence-corrected chi connectivity index (χ3v) is 6.46. The van der Waals surface area contributed by atoms with Crippen molar-refractivity contribution in [3.63, 3.8) is 0 Å². The largest absolute Gasteiger partial charge is 0.490 e. The van der Waals surface area contributed by atoms with Crippen LogP contribution in [0.2, 0.25) is 0 Å². The lowest BCUT2D eigenvalue weighted by molar-refractivity contribution is 0.0724. The monoisotopic (exact) mass is 412 g/mol. The van der Waals surface area contributed by atoms with Crippen LogP contribution in [0, 0.1) is 0 Å². The Morgan fingerprint density at radius 2 is 1.70 bits per heavy atom. The Bertz CT molecular complexity index is 875. The summed E-state index contributed by atoms with van der Waals surface area (Å²) in [5, 5.41) is 4.40. The van der Waals surface area contributed by atoms with Gasteiger partial charge in [0.25, 0.3) is 5.91 Å². The van der Waals surface area contributed by atoms with Crippen LogP contribution in [0.3, 0.4) is 0 Å². The second-order valence-electron chi connectivity index (χ2n) is 9.20. The van der Waals surface area contributed by atoms with Crippen LogP contribution < -0.4 is 10.1 Å². The number of hydrogen-bond acceptors (Lipinski definition) is 4. The fourth-order valence-electron chi connectivity index (χ4n) is 4.74. The number of nitrogens with zero attached hydrogens (tertiary/aromatic N) is 3. The predicted molar refractivity (Wildman–Crippen MR) is 121 cm³/mol.